The van der Waals surface area contributed by atoms with Crippen LogP contribution in [0, 0.1) is 13.8 Å². The molecule has 1 aliphatic heterocycles. The molecule has 1 aromatic carbocycles. The number of benzene rings is 1. The molecule has 2 amide bonds. The smallest absolute Gasteiger partial charge is 0.274 e. The van der Waals surface area contributed by atoms with Gasteiger partial charge in [0, 0.05) is 12.8 Å². The van der Waals surface area contributed by atoms with Gasteiger partial charge < -0.3 is 0 Å². The van der Waals surface area contributed by atoms with E-state index in [-0.39, 0.29) is 12.3 Å². The lowest BCUT2D eigenvalue weighted by Gasteiger charge is -2.24. The van der Waals surface area contributed by atoms with Crippen LogP contribution in [0.1, 0.15) is 30.9 Å². The second kappa shape index (κ2) is 6.49. The van der Waals surface area contributed by atoms with Crippen LogP contribution in [0.15, 0.2) is 23.3 Å². The first-order chi connectivity index (χ1) is 10.0. The fourth-order valence-corrected chi connectivity index (χ4v) is 2.05. The molecule has 2 rings (SSSR count). The van der Waals surface area contributed by atoms with Gasteiger partial charge in [-0.25, -0.2) is 10.5 Å². The lowest BCUT2D eigenvalue weighted by molar-refractivity contribution is -0.126. The van der Waals surface area contributed by atoms with E-state index in [1.165, 1.54) is 5.01 Å². The highest BCUT2D eigenvalue weighted by Crippen LogP contribution is 2.25. The molecule has 1 aliphatic rings. The number of carbonyl (C=O) groups is 2. The minimum Gasteiger partial charge on any atom is -0.274 e. The maximum Gasteiger partial charge on any atom is 0.291 e. The van der Waals surface area contributed by atoms with Crippen molar-refractivity contribution in [3.63, 3.8) is 0 Å². The average molecular weight is 289 g/mol. The molecule has 1 N–H and O–H groups in total. The molecule has 0 aromatic heterocycles. The summed E-state index contributed by atoms with van der Waals surface area (Å²) in [6, 6.07) is 5.79. The Morgan fingerprint density at radius 1 is 1.38 bits per heavy atom. The Morgan fingerprint density at radius 3 is 2.86 bits per heavy atom. The number of hydrogen-bond acceptors (Lipinski definition) is 4. The number of anilines is 1. The van der Waals surface area contributed by atoms with Crippen LogP contribution in [0.5, 0.6) is 0 Å². The molecule has 0 spiro atoms. The number of aryl methyl sites for hydroxylation is 2. The van der Waals surface area contributed by atoms with E-state index < -0.39 is 5.91 Å². The maximum atomic E-state index is 12.1. The predicted molar refractivity (Wildman–Crippen MR) is 79.8 cm³/mol. The summed E-state index contributed by atoms with van der Waals surface area (Å²) in [5.41, 5.74) is 5.28. The molecular formula is C15H19N3O3. The number of nitrogens with zero attached hydrogens (tertiary/aromatic N) is 2. The summed E-state index contributed by atoms with van der Waals surface area (Å²) in [5, 5.41) is 5.51. The highest BCUT2D eigenvalue weighted by Gasteiger charge is 2.26. The van der Waals surface area contributed by atoms with E-state index in [2.05, 4.69) is 10.6 Å². The van der Waals surface area contributed by atoms with Gasteiger partial charge in [0.2, 0.25) is 5.91 Å². The number of nitrogens with one attached hydrogen (secondary N) is 1. The first-order valence-corrected chi connectivity index (χ1v) is 6.92. The van der Waals surface area contributed by atoms with Crippen molar-refractivity contribution in [2.45, 2.75) is 33.6 Å². The van der Waals surface area contributed by atoms with Gasteiger partial charge in [0.15, 0.2) is 0 Å². The maximum absolute atomic E-state index is 12.1. The number of hydrazone groups is 1. The van der Waals surface area contributed by atoms with Gasteiger partial charge >= 0.3 is 0 Å². The zero-order valence-corrected chi connectivity index (χ0v) is 12.5. The molecule has 0 saturated heterocycles. The van der Waals surface area contributed by atoms with E-state index in [4.69, 9.17) is 4.84 Å². The number of rotatable bonds is 4. The molecule has 0 bridgehead atoms. The summed E-state index contributed by atoms with van der Waals surface area (Å²) in [7, 11) is 0. The third kappa shape index (κ3) is 3.46. The second-order valence-electron chi connectivity index (χ2n) is 4.91. The Hall–Kier alpha value is -2.21. The highest BCUT2D eigenvalue weighted by molar-refractivity contribution is 6.40. The topological polar surface area (TPSA) is 71.0 Å². The van der Waals surface area contributed by atoms with Gasteiger partial charge in [-0.2, -0.15) is 5.10 Å². The van der Waals surface area contributed by atoms with Crippen molar-refractivity contribution in [3.05, 3.63) is 29.3 Å². The number of amides is 2. The van der Waals surface area contributed by atoms with Crippen LogP contribution in [0.25, 0.3) is 0 Å². The molecule has 0 saturated carbocycles. The van der Waals surface area contributed by atoms with Crippen molar-refractivity contribution >= 4 is 23.2 Å². The standard InChI is InChI=1S/C15H19N3O3/c1-4-21-17-15(20)12-7-8-14(19)18(16-12)13-9-10(2)5-6-11(13)3/h5-6,9H,4,7-8H2,1-3H3,(H,17,20). The van der Waals surface area contributed by atoms with Crippen molar-refractivity contribution in [3.8, 4) is 0 Å². The molecule has 0 fully saturated rings. The van der Waals surface area contributed by atoms with E-state index in [9.17, 15) is 9.59 Å². The largest absolute Gasteiger partial charge is 0.291 e. The first-order valence-electron chi connectivity index (χ1n) is 6.92. The van der Waals surface area contributed by atoms with Gasteiger partial charge in [-0.3, -0.25) is 14.4 Å². The summed E-state index contributed by atoms with van der Waals surface area (Å²) in [6.45, 7) is 6.00. The normalized spacial score (nSPS) is 14.9. The molecule has 0 unspecified atom stereocenters. The average Bonchev–Trinajstić information content (AvgIpc) is 2.48. The molecule has 6 nitrogen and oxygen atoms in total. The van der Waals surface area contributed by atoms with Crippen LogP contribution >= 0.6 is 0 Å². The third-order valence-electron chi connectivity index (χ3n) is 3.20. The second-order valence-corrected chi connectivity index (χ2v) is 4.91. The van der Waals surface area contributed by atoms with Crippen LogP contribution < -0.4 is 10.5 Å². The van der Waals surface area contributed by atoms with Crippen molar-refractivity contribution in [2.24, 2.45) is 5.10 Å². The zero-order chi connectivity index (χ0) is 15.4. The van der Waals surface area contributed by atoms with E-state index >= 15 is 0 Å². The number of hydroxylamine groups is 1. The summed E-state index contributed by atoms with van der Waals surface area (Å²) < 4.78 is 0. The minimum atomic E-state index is -0.403. The zero-order valence-electron chi connectivity index (χ0n) is 12.5. The Morgan fingerprint density at radius 2 is 2.14 bits per heavy atom. The quantitative estimate of drug-likeness (QED) is 0.860. The first kappa shape index (κ1) is 15.2. The SMILES string of the molecule is CCONC(=O)C1=NN(c2cc(C)ccc2C)C(=O)CC1. The Bertz CT molecular complexity index is 596. The van der Waals surface area contributed by atoms with Gasteiger partial charge in [0.25, 0.3) is 5.91 Å². The van der Waals surface area contributed by atoms with Gasteiger partial charge in [-0.1, -0.05) is 12.1 Å². The summed E-state index contributed by atoms with van der Waals surface area (Å²) in [5.74, 6) is -0.517. The van der Waals surface area contributed by atoms with Crippen molar-refractivity contribution < 1.29 is 14.4 Å². The minimum absolute atomic E-state index is 0.114. The van der Waals surface area contributed by atoms with E-state index in [1.54, 1.807) is 6.92 Å². The summed E-state index contributed by atoms with van der Waals surface area (Å²) in [6.07, 6.45) is 0.574. The van der Waals surface area contributed by atoms with Crippen LogP contribution in [-0.2, 0) is 14.4 Å². The van der Waals surface area contributed by atoms with Gasteiger partial charge in [-0.15, -0.1) is 0 Å². The lowest BCUT2D eigenvalue weighted by Crippen LogP contribution is -2.39. The Kier molecular flexibility index (Phi) is 4.70. The molecule has 112 valence electrons. The molecule has 21 heavy (non-hydrogen) atoms. The van der Waals surface area contributed by atoms with Gasteiger partial charge in [-0.05, 0) is 38.0 Å². The molecule has 6 heteroatoms. The van der Waals surface area contributed by atoms with Crippen molar-refractivity contribution in [1.29, 1.82) is 0 Å². The number of carbonyl (C=O) groups excluding carboxylic acids is 2. The number of hydrogen-bond donors (Lipinski definition) is 1. The molecule has 1 aromatic rings. The van der Waals surface area contributed by atoms with Crippen molar-refractivity contribution in [2.75, 3.05) is 11.6 Å². The molecule has 1 heterocycles. The van der Waals surface area contributed by atoms with E-state index in [0.717, 1.165) is 11.1 Å². The Balaban J connectivity index is 2.30. The van der Waals surface area contributed by atoms with Crippen LogP contribution in [0.4, 0.5) is 5.69 Å². The lowest BCUT2D eigenvalue weighted by atomic mass is 10.1. The summed E-state index contributed by atoms with van der Waals surface area (Å²) >= 11 is 0. The monoisotopic (exact) mass is 289 g/mol. The highest BCUT2D eigenvalue weighted by atomic mass is 16.6. The van der Waals surface area contributed by atoms with Crippen LogP contribution in [0.2, 0.25) is 0 Å². The predicted octanol–water partition coefficient (Wildman–Crippen LogP) is 1.85. The summed E-state index contributed by atoms with van der Waals surface area (Å²) in [4.78, 5) is 28.9. The Labute approximate surface area is 123 Å². The van der Waals surface area contributed by atoms with Gasteiger partial charge in [0.05, 0.1) is 12.3 Å². The molecular weight excluding hydrogens is 270 g/mol. The van der Waals surface area contributed by atoms with E-state index in [0.29, 0.717) is 24.4 Å². The van der Waals surface area contributed by atoms with Crippen LogP contribution in [0.3, 0.4) is 0 Å². The fraction of sp³-hybridized carbons (Fsp3) is 0.400. The van der Waals surface area contributed by atoms with Crippen molar-refractivity contribution in [1.82, 2.24) is 5.48 Å². The molecule has 0 aliphatic carbocycles. The molecule has 0 radical (unpaired) electrons. The molecule has 0 atom stereocenters. The van der Waals surface area contributed by atoms with Gasteiger partial charge in [0.1, 0.15) is 5.71 Å². The fourth-order valence-electron chi connectivity index (χ4n) is 2.05. The van der Waals surface area contributed by atoms with E-state index in [1.807, 2.05) is 32.0 Å². The van der Waals surface area contributed by atoms with Crippen LogP contribution in [-0.4, -0.2) is 24.1 Å². The third-order valence-corrected chi connectivity index (χ3v) is 3.20.